The molecule has 0 radical (unpaired) electrons. The number of aromatic nitrogens is 1. The number of alkyl halides is 3. The van der Waals surface area contributed by atoms with Gasteiger partial charge in [-0.25, -0.2) is 0 Å². The fourth-order valence-corrected chi connectivity index (χ4v) is 1.74. The van der Waals surface area contributed by atoms with Gasteiger partial charge in [-0.1, -0.05) is 12.1 Å². The summed E-state index contributed by atoms with van der Waals surface area (Å²) in [5.41, 5.74) is -1.89. The summed E-state index contributed by atoms with van der Waals surface area (Å²) in [7, 11) is 0. The van der Waals surface area contributed by atoms with Crippen LogP contribution < -0.4 is 10.9 Å². The average Bonchev–Trinajstić information content (AvgIpc) is 2.83. The Kier molecular flexibility index (Phi) is 3.88. The lowest BCUT2D eigenvalue weighted by molar-refractivity contribution is -0.137. The minimum absolute atomic E-state index is 0.374. The predicted molar refractivity (Wildman–Crippen MR) is 67.8 cm³/mol. The fourth-order valence-electron chi connectivity index (χ4n) is 1.74. The van der Waals surface area contributed by atoms with E-state index in [1.807, 2.05) is 0 Å². The van der Waals surface area contributed by atoms with Gasteiger partial charge < -0.3 is 9.84 Å². The number of anilines is 1. The highest BCUT2D eigenvalue weighted by atomic mass is 19.4. The Labute approximate surface area is 116 Å². The van der Waals surface area contributed by atoms with Gasteiger partial charge in [0.25, 0.3) is 11.5 Å². The highest BCUT2D eigenvalue weighted by molar-refractivity contribution is 5.94. The van der Waals surface area contributed by atoms with Crippen molar-refractivity contribution < 1.29 is 22.5 Å². The third kappa shape index (κ3) is 3.15. The summed E-state index contributed by atoms with van der Waals surface area (Å²) in [5.74, 6) is -0.788. The summed E-state index contributed by atoms with van der Waals surface area (Å²) < 4.78 is 44.0. The van der Waals surface area contributed by atoms with Crippen LogP contribution >= 0.6 is 0 Å². The summed E-state index contributed by atoms with van der Waals surface area (Å²) in [6.45, 7) is 1.34. The van der Waals surface area contributed by atoms with Crippen molar-refractivity contribution in [1.29, 1.82) is 0 Å². The number of hydrogen-bond acceptors (Lipinski definition) is 3. The number of carbonyl (C=O) groups is 1. The van der Waals surface area contributed by atoms with Gasteiger partial charge in [0.2, 0.25) is 0 Å². The van der Waals surface area contributed by atoms with Gasteiger partial charge in [-0.3, -0.25) is 9.59 Å². The van der Waals surface area contributed by atoms with Crippen molar-refractivity contribution in [2.45, 2.75) is 19.1 Å². The monoisotopic (exact) mass is 300 g/mol. The van der Waals surface area contributed by atoms with E-state index in [1.165, 1.54) is 19.1 Å². The molecule has 0 aliphatic carbocycles. The Bertz CT molecular complexity index is 703. The molecule has 0 spiro atoms. The second-order valence-electron chi connectivity index (χ2n) is 4.28. The van der Waals surface area contributed by atoms with Gasteiger partial charge in [0.15, 0.2) is 0 Å². The van der Waals surface area contributed by atoms with E-state index in [1.54, 1.807) is 0 Å². The minimum Gasteiger partial charge on any atom is -0.383 e. The molecule has 112 valence electrons. The van der Waals surface area contributed by atoms with Crippen LogP contribution in [0.2, 0.25) is 0 Å². The van der Waals surface area contributed by atoms with Crippen molar-refractivity contribution in [2.24, 2.45) is 0 Å². The van der Waals surface area contributed by atoms with Crippen LogP contribution in [0.5, 0.6) is 0 Å². The first kappa shape index (κ1) is 14.9. The summed E-state index contributed by atoms with van der Waals surface area (Å²) in [6, 6.07) is 4.62. The van der Waals surface area contributed by atoms with Crippen LogP contribution in [0.4, 0.5) is 18.9 Å². The molecular weight excluding hydrogens is 289 g/mol. The van der Waals surface area contributed by atoms with Gasteiger partial charge in [0.05, 0.1) is 11.3 Å². The maximum absolute atomic E-state index is 12.8. The topological polar surface area (TPSA) is 64.2 Å². The van der Waals surface area contributed by atoms with Crippen LogP contribution in [-0.4, -0.2) is 10.6 Å². The van der Waals surface area contributed by atoms with E-state index in [4.69, 9.17) is 4.52 Å². The summed E-state index contributed by atoms with van der Waals surface area (Å²) in [6.07, 6.45) is -3.50. The molecule has 8 heteroatoms. The number of amides is 1. The Morgan fingerprint density at radius 2 is 1.95 bits per heavy atom. The molecule has 1 N–H and O–H groups in total. The molecule has 0 aliphatic heterocycles. The largest absolute Gasteiger partial charge is 0.418 e. The van der Waals surface area contributed by atoms with Crippen molar-refractivity contribution in [3.63, 3.8) is 0 Å². The number of nitrogens with one attached hydrogen (secondary N) is 1. The van der Waals surface area contributed by atoms with E-state index in [-0.39, 0.29) is 5.69 Å². The number of para-hydroxylation sites is 1. The van der Waals surface area contributed by atoms with Gasteiger partial charge in [-0.15, -0.1) is 0 Å². The molecule has 1 aromatic heterocycles. The number of carbonyl (C=O) groups excluding carboxylic acids is 1. The van der Waals surface area contributed by atoms with Gasteiger partial charge in [0.1, 0.15) is 12.3 Å². The molecule has 1 unspecified atom stereocenters. The lowest BCUT2D eigenvalue weighted by atomic mass is 10.1. The van der Waals surface area contributed by atoms with Crippen molar-refractivity contribution in [3.05, 3.63) is 52.5 Å². The first-order valence-electron chi connectivity index (χ1n) is 5.94. The van der Waals surface area contributed by atoms with Crippen molar-refractivity contribution in [1.82, 2.24) is 4.74 Å². The zero-order valence-corrected chi connectivity index (χ0v) is 10.8. The van der Waals surface area contributed by atoms with E-state index in [9.17, 15) is 22.8 Å². The first-order valence-corrected chi connectivity index (χ1v) is 5.94. The maximum Gasteiger partial charge on any atom is 0.418 e. The molecule has 1 amide bonds. The van der Waals surface area contributed by atoms with Crippen LogP contribution in [0.3, 0.4) is 0 Å². The smallest absolute Gasteiger partial charge is 0.383 e. The second kappa shape index (κ2) is 5.47. The average molecular weight is 300 g/mol. The van der Waals surface area contributed by atoms with E-state index in [0.717, 1.165) is 29.2 Å². The predicted octanol–water partition coefficient (Wildman–Crippen LogP) is 2.66. The molecule has 0 saturated heterocycles. The number of benzene rings is 1. The zero-order chi connectivity index (χ0) is 15.6. The molecular formula is C13H11F3N2O3. The first-order chi connectivity index (χ1) is 9.80. The molecule has 0 aliphatic rings. The van der Waals surface area contributed by atoms with Crippen LogP contribution in [0.1, 0.15) is 18.5 Å². The molecule has 0 fully saturated rings. The Morgan fingerprint density at radius 1 is 1.29 bits per heavy atom. The van der Waals surface area contributed by atoms with Crippen LogP contribution in [-0.2, 0) is 11.0 Å². The van der Waals surface area contributed by atoms with E-state index in [2.05, 4.69) is 5.32 Å². The quantitative estimate of drug-likeness (QED) is 0.947. The number of rotatable bonds is 3. The number of halogens is 3. The number of nitrogens with zero attached hydrogens (tertiary/aromatic N) is 1. The van der Waals surface area contributed by atoms with Crippen molar-refractivity contribution >= 4 is 11.6 Å². The van der Waals surface area contributed by atoms with Gasteiger partial charge in [0, 0.05) is 6.07 Å². The molecule has 0 saturated carbocycles. The third-order valence-corrected chi connectivity index (χ3v) is 2.82. The Morgan fingerprint density at radius 3 is 2.52 bits per heavy atom. The Balaban J connectivity index is 2.25. The third-order valence-electron chi connectivity index (χ3n) is 2.82. The summed E-state index contributed by atoms with van der Waals surface area (Å²) in [4.78, 5) is 23.3. The highest BCUT2D eigenvalue weighted by Crippen LogP contribution is 2.34. The van der Waals surface area contributed by atoms with Crippen LogP contribution in [0.15, 0.2) is 45.9 Å². The van der Waals surface area contributed by atoms with Crippen LogP contribution in [0.25, 0.3) is 0 Å². The standard InChI is InChI=1S/C13H11F3N2O3/c1-8(18-11(19)6-7-21-18)12(20)17-10-5-3-2-4-9(10)13(14,15)16/h2-8H,1H3,(H,17,20). The molecule has 2 aromatic rings. The van der Waals surface area contributed by atoms with Gasteiger partial charge in [-0.2, -0.15) is 17.9 Å². The molecule has 1 aromatic carbocycles. The zero-order valence-electron chi connectivity index (χ0n) is 10.8. The Hall–Kier alpha value is -2.51. The molecule has 1 atom stereocenters. The van der Waals surface area contributed by atoms with Gasteiger partial charge >= 0.3 is 6.18 Å². The number of hydrogen-bond donors (Lipinski definition) is 1. The fraction of sp³-hybridized carbons (Fsp3) is 0.231. The SMILES string of the molecule is CC(C(=O)Nc1ccccc1C(F)(F)F)n1occc1=O. The van der Waals surface area contributed by atoms with E-state index >= 15 is 0 Å². The van der Waals surface area contributed by atoms with E-state index < -0.39 is 29.2 Å². The summed E-state index contributed by atoms with van der Waals surface area (Å²) >= 11 is 0. The molecule has 21 heavy (non-hydrogen) atoms. The minimum atomic E-state index is -4.59. The van der Waals surface area contributed by atoms with Crippen molar-refractivity contribution in [3.8, 4) is 0 Å². The van der Waals surface area contributed by atoms with Crippen molar-refractivity contribution in [2.75, 3.05) is 5.32 Å². The molecule has 2 rings (SSSR count). The normalized spacial score (nSPS) is 13.0. The molecule has 1 heterocycles. The lowest BCUT2D eigenvalue weighted by Gasteiger charge is -2.15. The highest BCUT2D eigenvalue weighted by Gasteiger charge is 2.34. The van der Waals surface area contributed by atoms with Gasteiger partial charge in [-0.05, 0) is 19.1 Å². The molecule has 5 nitrogen and oxygen atoms in total. The second-order valence-corrected chi connectivity index (χ2v) is 4.28. The lowest BCUT2D eigenvalue weighted by Crippen LogP contribution is -2.29. The van der Waals surface area contributed by atoms with Crippen LogP contribution in [0, 0.1) is 0 Å². The summed E-state index contributed by atoms with van der Waals surface area (Å²) in [5, 5.41) is 2.15. The maximum atomic E-state index is 12.8. The molecule has 0 bridgehead atoms. The van der Waals surface area contributed by atoms with E-state index in [0.29, 0.717) is 0 Å².